The van der Waals surface area contributed by atoms with Crippen LogP contribution in [0.2, 0.25) is 0 Å². The maximum Gasteiger partial charge on any atom is 0.184 e. The topological polar surface area (TPSA) is 30.8 Å². The molecule has 0 aliphatic carbocycles. The van der Waals surface area contributed by atoms with Gasteiger partial charge in [0.1, 0.15) is 5.75 Å². The van der Waals surface area contributed by atoms with E-state index >= 15 is 0 Å². The van der Waals surface area contributed by atoms with Gasteiger partial charge in [-0.15, -0.1) is 0 Å². The summed E-state index contributed by atoms with van der Waals surface area (Å²) in [5.41, 5.74) is 0.868. The number of methoxy groups -OCH3 is 1. The third kappa shape index (κ3) is 3.09. The summed E-state index contributed by atoms with van der Waals surface area (Å²) >= 11 is 0. The molecule has 0 unspecified atom stereocenters. The molecule has 0 amide bonds. The van der Waals surface area contributed by atoms with E-state index in [0.717, 1.165) is 11.4 Å². The van der Waals surface area contributed by atoms with Gasteiger partial charge in [-0.3, -0.25) is 0 Å². The van der Waals surface area contributed by atoms with Crippen LogP contribution in [0.15, 0.2) is 29.3 Å². The Hall–Kier alpha value is -1.51. The second-order valence-corrected chi connectivity index (χ2v) is 2.76. The van der Waals surface area contributed by atoms with Gasteiger partial charge in [-0.2, -0.15) is 0 Å². The van der Waals surface area contributed by atoms with Gasteiger partial charge >= 0.3 is 0 Å². The molecule has 1 aromatic rings. The van der Waals surface area contributed by atoms with Crippen molar-refractivity contribution in [2.45, 2.75) is 13.8 Å². The SMILES string of the molecule is CCOc1ccc(N=C(C)OC)cc1. The van der Waals surface area contributed by atoms with Gasteiger partial charge in [-0.05, 0) is 31.2 Å². The molecule has 3 nitrogen and oxygen atoms in total. The largest absolute Gasteiger partial charge is 0.494 e. The van der Waals surface area contributed by atoms with Gasteiger partial charge in [0.2, 0.25) is 0 Å². The van der Waals surface area contributed by atoms with E-state index in [1.54, 1.807) is 7.11 Å². The first-order valence-corrected chi connectivity index (χ1v) is 4.58. The quantitative estimate of drug-likeness (QED) is 0.546. The van der Waals surface area contributed by atoms with Crippen molar-refractivity contribution >= 4 is 11.6 Å². The number of nitrogens with zero attached hydrogens (tertiary/aromatic N) is 1. The summed E-state index contributed by atoms with van der Waals surface area (Å²) in [6, 6.07) is 7.58. The van der Waals surface area contributed by atoms with Crippen LogP contribution in [0.1, 0.15) is 13.8 Å². The average molecular weight is 193 g/mol. The van der Waals surface area contributed by atoms with Crippen LogP contribution in [-0.4, -0.2) is 19.6 Å². The van der Waals surface area contributed by atoms with E-state index in [-0.39, 0.29) is 0 Å². The summed E-state index contributed by atoms with van der Waals surface area (Å²) in [4.78, 5) is 4.22. The van der Waals surface area contributed by atoms with Gasteiger partial charge in [0.15, 0.2) is 5.90 Å². The third-order valence-electron chi connectivity index (χ3n) is 1.73. The van der Waals surface area contributed by atoms with Crippen molar-refractivity contribution in [1.29, 1.82) is 0 Å². The van der Waals surface area contributed by atoms with Crippen LogP contribution in [0.25, 0.3) is 0 Å². The predicted octanol–water partition coefficient (Wildman–Crippen LogP) is 2.78. The van der Waals surface area contributed by atoms with Crippen molar-refractivity contribution in [3.8, 4) is 5.75 Å². The molecular formula is C11H15NO2. The summed E-state index contributed by atoms with van der Waals surface area (Å²) in [7, 11) is 1.60. The second kappa shape index (κ2) is 5.27. The van der Waals surface area contributed by atoms with Crippen LogP contribution in [0.3, 0.4) is 0 Å². The van der Waals surface area contributed by atoms with E-state index in [4.69, 9.17) is 9.47 Å². The molecule has 14 heavy (non-hydrogen) atoms. The van der Waals surface area contributed by atoms with Crippen LogP contribution in [0.4, 0.5) is 5.69 Å². The minimum Gasteiger partial charge on any atom is -0.494 e. The van der Waals surface area contributed by atoms with Gasteiger partial charge in [-0.1, -0.05) is 0 Å². The lowest BCUT2D eigenvalue weighted by atomic mass is 10.3. The molecule has 76 valence electrons. The minimum atomic E-state index is 0.647. The van der Waals surface area contributed by atoms with Gasteiger partial charge in [0.05, 0.1) is 19.4 Å². The number of rotatable bonds is 3. The Kier molecular flexibility index (Phi) is 3.98. The lowest BCUT2D eigenvalue weighted by molar-refractivity contribution is 0.340. The molecule has 0 aliphatic heterocycles. The van der Waals surface area contributed by atoms with Crippen molar-refractivity contribution in [3.05, 3.63) is 24.3 Å². The molecule has 0 fully saturated rings. The number of benzene rings is 1. The molecule has 0 atom stereocenters. The fourth-order valence-corrected chi connectivity index (χ4v) is 1.01. The Bertz CT molecular complexity index is 304. The molecule has 0 radical (unpaired) electrons. The van der Waals surface area contributed by atoms with Crippen molar-refractivity contribution in [2.75, 3.05) is 13.7 Å². The molecule has 0 heterocycles. The van der Waals surface area contributed by atoms with Crippen LogP contribution in [-0.2, 0) is 4.74 Å². The van der Waals surface area contributed by atoms with Gasteiger partial charge in [0.25, 0.3) is 0 Å². The minimum absolute atomic E-state index is 0.647. The zero-order valence-corrected chi connectivity index (χ0v) is 8.78. The Balaban J connectivity index is 2.73. The zero-order chi connectivity index (χ0) is 10.4. The highest BCUT2D eigenvalue weighted by Gasteiger charge is 1.93. The maximum absolute atomic E-state index is 5.31. The normalized spacial score (nSPS) is 11.2. The van der Waals surface area contributed by atoms with Crippen molar-refractivity contribution < 1.29 is 9.47 Å². The lowest BCUT2D eigenvalue weighted by Crippen LogP contribution is -1.92. The molecule has 0 N–H and O–H groups in total. The number of hydrogen-bond donors (Lipinski definition) is 0. The average Bonchev–Trinajstić information content (AvgIpc) is 2.21. The molecule has 0 saturated carbocycles. The van der Waals surface area contributed by atoms with Crippen molar-refractivity contribution in [2.24, 2.45) is 4.99 Å². The third-order valence-corrected chi connectivity index (χ3v) is 1.73. The van der Waals surface area contributed by atoms with Crippen LogP contribution >= 0.6 is 0 Å². The number of ether oxygens (including phenoxy) is 2. The molecular weight excluding hydrogens is 178 g/mol. The molecule has 0 bridgehead atoms. The number of hydrogen-bond acceptors (Lipinski definition) is 3. The second-order valence-electron chi connectivity index (χ2n) is 2.76. The highest BCUT2D eigenvalue weighted by molar-refractivity contribution is 5.76. The lowest BCUT2D eigenvalue weighted by Gasteiger charge is -2.02. The Labute approximate surface area is 84.4 Å². The Morgan fingerprint density at radius 1 is 1.29 bits per heavy atom. The van der Waals surface area contributed by atoms with E-state index in [2.05, 4.69) is 4.99 Å². The van der Waals surface area contributed by atoms with E-state index in [9.17, 15) is 0 Å². The zero-order valence-electron chi connectivity index (χ0n) is 8.78. The summed E-state index contributed by atoms with van der Waals surface area (Å²) in [5, 5.41) is 0. The predicted molar refractivity (Wildman–Crippen MR) is 57.4 cm³/mol. The molecule has 1 aromatic carbocycles. The first-order chi connectivity index (χ1) is 6.76. The molecule has 0 saturated heterocycles. The van der Waals surface area contributed by atoms with Gasteiger partial charge in [-0.25, -0.2) is 4.99 Å². The van der Waals surface area contributed by atoms with Crippen LogP contribution in [0.5, 0.6) is 5.75 Å². The summed E-state index contributed by atoms with van der Waals surface area (Å²) < 4.78 is 10.3. The van der Waals surface area contributed by atoms with E-state index in [1.807, 2.05) is 38.1 Å². The highest BCUT2D eigenvalue weighted by atomic mass is 16.5. The van der Waals surface area contributed by atoms with Crippen molar-refractivity contribution in [3.63, 3.8) is 0 Å². The molecule has 0 spiro atoms. The Morgan fingerprint density at radius 3 is 2.43 bits per heavy atom. The van der Waals surface area contributed by atoms with Gasteiger partial charge < -0.3 is 9.47 Å². The van der Waals surface area contributed by atoms with E-state index in [1.165, 1.54) is 0 Å². The first kappa shape index (κ1) is 10.6. The fourth-order valence-electron chi connectivity index (χ4n) is 1.01. The van der Waals surface area contributed by atoms with Crippen LogP contribution in [0, 0.1) is 0 Å². The Morgan fingerprint density at radius 2 is 1.93 bits per heavy atom. The standard InChI is InChI=1S/C11H15NO2/c1-4-14-11-7-5-10(6-8-11)12-9(2)13-3/h5-8H,4H2,1-3H3. The summed E-state index contributed by atoms with van der Waals surface area (Å²) in [6.07, 6.45) is 0. The monoisotopic (exact) mass is 193 g/mol. The summed E-state index contributed by atoms with van der Waals surface area (Å²) in [5.74, 6) is 1.51. The van der Waals surface area contributed by atoms with Crippen LogP contribution < -0.4 is 4.74 Å². The fraction of sp³-hybridized carbons (Fsp3) is 0.364. The smallest absolute Gasteiger partial charge is 0.184 e. The highest BCUT2D eigenvalue weighted by Crippen LogP contribution is 2.18. The van der Waals surface area contributed by atoms with E-state index < -0.39 is 0 Å². The first-order valence-electron chi connectivity index (χ1n) is 4.58. The van der Waals surface area contributed by atoms with Gasteiger partial charge in [0, 0.05) is 6.92 Å². The maximum atomic E-state index is 5.31. The molecule has 0 aliphatic rings. The van der Waals surface area contributed by atoms with E-state index in [0.29, 0.717) is 12.5 Å². The molecule has 1 rings (SSSR count). The van der Waals surface area contributed by atoms with Crippen molar-refractivity contribution in [1.82, 2.24) is 0 Å². The number of aliphatic imine (C=N–C) groups is 1. The summed E-state index contributed by atoms with van der Waals surface area (Å²) in [6.45, 7) is 4.46. The molecule has 3 heteroatoms. The molecule has 0 aromatic heterocycles.